The van der Waals surface area contributed by atoms with Gasteiger partial charge in [-0.15, -0.1) is 0 Å². The Labute approximate surface area is 121 Å². The molecule has 2 aliphatic heterocycles. The molecule has 4 nitrogen and oxygen atoms in total. The van der Waals surface area contributed by atoms with Crippen LogP contribution in [0, 0.1) is 0 Å². The van der Waals surface area contributed by atoms with Gasteiger partial charge in [-0.05, 0) is 17.5 Å². The van der Waals surface area contributed by atoms with E-state index in [9.17, 15) is 0 Å². The molecule has 2 aliphatic rings. The second-order valence-corrected chi connectivity index (χ2v) is 5.79. The topological polar surface area (TPSA) is 41.7 Å². The molecule has 4 heteroatoms. The van der Waals surface area contributed by atoms with E-state index in [0.717, 1.165) is 58.9 Å². The predicted octanol–water partition coefficient (Wildman–Crippen LogP) is 0.704. The van der Waals surface area contributed by atoms with Gasteiger partial charge in [-0.1, -0.05) is 24.3 Å². The highest BCUT2D eigenvalue weighted by atomic mass is 16.5. The first-order valence-electron chi connectivity index (χ1n) is 7.68. The quantitative estimate of drug-likeness (QED) is 0.878. The highest BCUT2D eigenvalue weighted by Crippen LogP contribution is 2.22. The fourth-order valence-corrected chi connectivity index (χ4v) is 3.23. The SMILES string of the molecule is NCC1Cc2ccccc2CN1CCN1CCOCC1. The first-order chi connectivity index (χ1) is 9.86. The predicted molar refractivity (Wildman–Crippen MR) is 80.7 cm³/mol. The molecule has 110 valence electrons. The van der Waals surface area contributed by atoms with Gasteiger partial charge >= 0.3 is 0 Å². The Morgan fingerprint density at radius 2 is 1.85 bits per heavy atom. The van der Waals surface area contributed by atoms with Gasteiger partial charge in [-0.2, -0.15) is 0 Å². The van der Waals surface area contributed by atoms with Gasteiger partial charge < -0.3 is 10.5 Å². The Hall–Kier alpha value is -0.940. The lowest BCUT2D eigenvalue weighted by atomic mass is 9.94. The molecule has 20 heavy (non-hydrogen) atoms. The monoisotopic (exact) mass is 275 g/mol. The van der Waals surface area contributed by atoms with E-state index in [1.54, 1.807) is 0 Å². The third-order valence-corrected chi connectivity index (χ3v) is 4.54. The number of morpholine rings is 1. The van der Waals surface area contributed by atoms with Crippen LogP contribution in [0.4, 0.5) is 0 Å². The minimum absolute atomic E-state index is 0.492. The van der Waals surface area contributed by atoms with Crippen LogP contribution in [0.2, 0.25) is 0 Å². The van der Waals surface area contributed by atoms with E-state index in [1.807, 2.05) is 0 Å². The van der Waals surface area contributed by atoms with E-state index >= 15 is 0 Å². The molecule has 0 aromatic heterocycles. The molecular weight excluding hydrogens is 250 g/mol. The molecule has 0 aliphatic carbocycles. The molecule has 0 saturated carbocycles. The highest BCUT2D eigenvalue weighted by molar-refractivity contribution is 5.30. The second kappa shape index (κ2) is 6.68. The molecule has 3 rings (SSSR count). The number of nitrogens with two attached hydrogens (primary N) is 1. The zero-order valence-corrected chi connectivity index (χ0v) is 12.1. The van der Waals surface area contributed by atoms with Crippen molar-refractivity contribution in [1.29, 1.82) is 0 Å². The van der Waals surface area contributed by atoms with E-state index in [-0.39, 0.29) is 0 Å². The van der Waals surface area contributed by atoms with Crippen LogP contribution in [-0.2, 0) is 17.7 Å². The Morgan fingerprint density at radius 1 is 1.10 bits per heavy atom. The van der Waals surface area contributed by atoms with Crippen molar-refractivity contribution in [3.63, 3.8) is 0 Å². The molecule has 2 N–H and O–H groups in total. The third kappa shape index (κ3) is 3.20. The van der Waals surface area contributed by atoms with Crippen molar-refractivity contribution in [3.8, 4) is 0 Å². The molecule has 1 atom stereocenters. The zero-order valence-electron chi connectivity index (χ0n) is 12.1. The maximum Gasteiger partial charge on any atom is 0.0594 e. The van der Waals surface area contributed by atoms with Crippen LogP contribution in [-0.4, -0.2) is 61.8 Å². The molecule has 1 saturated heterocycles. The van der Waals surface area contributed by atoms with Crippen molar-refractivity contribution in [2.75, 3.05) is 45.9 Å². The average Bonchev–Trinajstić information content (AvgIpc) is 2.53. The van der Waals surface area contributed by atoms with Crippen LogP contribution in [0.15, 0.2) is 24.3 Å². The van der Waals surface area contributed by atoms with E-state index in [2.05, 4.69) is 34.1 Å². The third-order valence-electron chi connectivity index (χ3n) is 4.54. The summed E-state index contributed by atoms with van der Waals surface area (Å²) in [5, 5.41) is 0. The van der Waals surface area contributed by atoms with Gasteiger partial charge in [0, 0.05) is 45.3 Å². The maximum atomic E-state index is 5.98. The lowest BCUT2D eigenvalue weighted by Crippen LogP contribution is -2.49. The molecule has 1 fully saturated rings. The van der Waals surface area contributed by atoms with Crippen molar-refractivity contribution in [2.45, 2.75) is 19.0 Å². The van der Waals surface area contributed by atoms with E-state index < -0.39 is 0 Å². The molecule has 1 aromatic carbocycles. The summed E-state index contributed by atoms with van der Waals surface area (Å²) < 4.78 is 5.41. The summed E-state index contributed by atoms with van der Waals surface area (Å²) in [6.07, 6.45) is 1.09. The average molecular weight is 275 g/mol. The first-order valence-corrected chi connectivity index (χ1v) is 7.68. The highest BCUT2D eigenvalue weighted by Gasteiger charge is 2.25. The number of rotatable bonds is 4. The van der Waals surface area contributed by atoms with Gasteiger partial charge in [0.05, 0.1) is 13.2 Å². The molecular formula is C16H25N3O. The second-order valence-electron chi connectivity index (χ2n) is 5.79. The normalized spacial score (nSPS) is 24.6. The lowest BCUT2D eigenvalue weighted by Gasteiger charge is -2.38. The largest absolute Gasteiger partial charge is 0.379 e. The number of ether oxygens (including phenoxy) is 1. The fourth-order valence-electron chi connectivity index (χ4n) is 3.23. The van der Waals surface area contributed by atoms with Crippen molar-refractivity contribution in [3.05, 3.63) is 35.4 Å². The fraction of sp³-hybridized carbons (Fsp3) is 0.625. The summed E-state index contributed by atoms with van der Waals surface area (Å²) >= 11 is 0. The Bertz CT molecular complexity index is 431. The Kier molecular flexibility index (Phi) is 4.68. The minimum atomic E-state index is 0.492. The van der Waals surface area contributed by atoms with Gasteiger partial charge in [-0.25, -0.2) is 0 Å². The van der Waals surface area contributed by atoms with Crippen LogP contribution in [0.3, 0.4) is 0 Å². The number of hydrogen-bond acceptors (Lipinski definition) is 4. The van der Waals surface area contributed by atoms with E-state index in [4.69, 9.17) is 10.5 Å². The van der Waals surface area contributed by atoms with Gasteiger partial charge in [0.25, 0.3) is 0 Å². The van der Waals surface area contributed by atoms with E-state index in [1.165, 1.54) is 11.1 Å². The molecule has 2 heterocycles. The molecule has 0 bridgehead atoms. The van der Waals surface area contributed by atoms with Crippen LogP contribution in [0.25, 0.3) is 0 Å². The number of fused-ring (bicyclic) bond motifs is 1. The van der Waals surface area contributed by atoms with Gasteiger partial charge in [0.1, 0.15) is 0 Å². The number of benzene rings is 1. The molecule has 0 radical (unpaired) electrons. The van der Waals surface area contributed by atoms with Crippen LogP contribution < -0.4 is 5.73 Å². The summed E-state index contributed by atoms with van der Waals surface area (Å²) in [5.41, 5.74) is 8.93. The summed E-state index contributed by atoms with van der Waals surface area (Å²) in [6.45, 7) is 7.92. The molecule has 0 amide bonds. The van der Waals surface area contributed by atoms with Crippen LogP contribution >= 0.6 is 0 Å². The Balaban J connectivity index is 1.60. The molecule has 1 aromatic rings. The summed E-state index contributed by atoms with van der Waals surface area (Å²) in [7, 11) is 0. The summed E-state index contributed by atoms with van der Waals surface area (Å²) in [5.74, 6) is 0. The smallest absolute Gasteiger partial charge is 0.0594 e. The van der Waals surface area contributed by atoms with Crippen molar-refractivity contribution >= 4 is 0 Å². The van der Waals surface area contributed by atoms with Crippen LogP contribution in [0.1, 0.15) is 11.1 Å². The van der Waals surface area contributed by atoms with Crippen molar-refractivity contribution in [1.82, 2.24) is 9.80 Å². The van der Waals surface area contributed by atoms with E-state index in [0.29, 0.717) is 6.04 Å². The summed E-state index contributed by atoms with van der Waals surface area (Å²) in [4.78, 5) is 5.05. The lowest BCUT2D eigenvalue weighted by molar-refractivity contribution is 0.0296. The van der Waals surface area contributed by atoms with Crippen LogP contribution in [0.5, 0.6) is 0 Å². The van der Waals surface area contributed by atoms with Crippen molar-refractivity contribution in [2.24, 2.45) is 5.73 Å². The van der Waals surface area contributed by atoms with Gasteiger partial charge in [0.2, 0.25) is 0 Å². The molecule has 0 spiro atoms. The summed E-state index contributed by atoms with van der Waals surface area (Å²) in [6, 6.07) is 9.27. The maximum absolute atomic E-state index is 5.98. The minimum Gasteiger partial charge on any atom is -0.379 e. The standard InChI is InChI=1S/C16H25N3O/c17-12-16-11-14-3-1-2-4-15(14)13-19(16)6-5-18-7-9-20-10-8-18/h1-4,16H,5-13,17H2. The Morgan fingerprint density at radius 3 is 2.60 bits per heavy atom. The van der Waals surface area contributed by atoms with Gasteiger partial charge in [-0.3, -0.25) is 9.80 Å². The molecule has 1 unspecified atom stereocenters. The van der Waals surface area contributed by atoms with Crippen molar-refractivity contribution < 1.29 is 4.74 Å². The number of nitrogens with zero attached hydrogens (tertiary/aromatic N) is 2. The zero-order chi connectivity index (χ0) is 13.8. The first kappa shape index (κ1) is 14.0. The number of hydrogen-bond donors (Lipinski definition) is 1. The van der Waals surface area contributed by atoms with Gasteiger partial charge in [0.15, 0.2) is 0 Å².